The molecule has 152 valence electrons. The van der Waals surface area contributed by atoms with E-state index in [2.05, 4.69) is 56.4 Å². The molecule has 2 aliphatic rings. The molecule has 3 aromatic rings. The monoisotopic (exact) mass is 392 g/mol. The third kappa shape index (κ3) is 3.33. The van der Waals surface area contributed by atoms with Crippen LogP contribution in [-0.4, -0.2) is 61.7 Å². The number of carbonyl (C=O) groups is 1. The van der Waals surface area contributed by atoms with Gasteiger partial charge in [0.1, 0.15) is 12.4 Å². The molecule has 0 bridgehead atoms. The highest BCUT2D eigenvalue weighted by Gasteiger charge is 2.29. The number of nitrogens with zero attached hydrogens (tertiary/aromatic N) is 6. The molecule has 29 heavy (non-hydrogen) atoms. The van der Waals surface area contributed by atoms with Gasteiger partial charge >= 0.3 is 0 Å². The van der Waals surface area contributed by atoms with E-state index in [1.807, 2.05) is 17.0 Å². The average Bonchev–Trinajstić information content (AvgIpc) is 3.28. The Labute approximate surface area is 170 Å². The van der Waals surface area contributed by atoms with Gasteiger partial charge in [-0.2, -0.15) is 0 Å². The van der Waals surface area contributed by atoms with Crippen molar-refractivity contribution in [1.82, 2.24) is 29.1 Å². The summed E-state index contributed by atoms with van der Waals surface area (Å²) in [4.78, 5) is 17.4. The van der Waals surface area contributed by atoms with Gasteiger partial charge in [-0.25, -0.2) is 0 Å². The number of benzene rings is 1. The van der Waals surface area contributed by atoms with Crippen LogP contribution in [0.25, 0.3) is 10.9 Å². The molecular formula is C22H28N6O. The van der Waals surface area contributed by atoms with Crippen LogP contribution in [0, 0.1) is 6.92 Å². The predicted molar refractivity (Wildman–Crippen MR) is 112 cm³/mol. The first-order valence-electron chi connectivity index (χ1n) is 10.5. The first-order chi connectivity index (χ1) is 14.1. The van der Waals surface area contributed by atoms with Crippen LogP contribution < -0.4 is 0 Å². The van der Waals surface area contributed by atoms with Gasteiger partial charge in [-0.05, 0) is 50.9 Å². The average molecular weight is 393 g/mol. The van der Waals surface area contributed by atoms with Gasteiger partial charge in [-0.3, -0.25) is 4.79 Å². The number of aryl methyl sites for hydroxylation is 1. The number of hydrogen-bond acceptors (Lipinski definition) is 4. The maximum absolute atomic E-state index is 13.1. The minimum atomic E-state index is 0.141. The zero-order chi connectivity index (χ0) is 20.0. The molecule has 1 saturated heterocycles. The Morgan fingerprint density at radius 2 is 2.03 bits per heavy atom. The number of aromatic nitrogens is 4. The summed E-state index contributed by atoms with van der Waals surface area (Å²) in [5, 5.41) is 10.2. The lowest BCUT2D eigenvalue weighted by atomic mass is 9.97. The maximum Gasteiger partial charge on any atom is 0.242 e. The Bertz CT molecular complexity index is 1050. The fraction of sp³-hybridized carbons (Fsp3) is 0.500. The summed E-state index contributed by atoms with van der Waals surface area (Å²) in [6.07, 6.45) is 2.38. The van der Waals surface area contributed by atoms with Gasteiger partial charge in [0.15, 0.2) is 5.82 Å². The molecule has 0 saturated carbocycles. The van der Waals surface area contributed by atoms with Crippen LogP contribution in [0.15, 0.2) is 30.3 Å². The van der Waals surface area contributed by atoms with E-state index >= 15 is 0 Å². The second kappa shape index (κ2) is 7.30. The van der Waals surface area contributed by atoms with Crippen LogP contribution in [0.4, 0.5) is 0 Å². The van der Waals surface area contributed by atoms with Crippen molar-refractivity contribution in [2.45, 2.75) is 45.3 Å². The van der Waals surface area contributed by atoms with E-state index in [1.54, 1.807) is 0 Å². The third-order valence-corrected chi connectivity index (χ3v) is 6.44. The van der Waals surface area contributed by atoms with Gasteiger partial charge in [0, 0.05) is 36.8 Å². The molecule has 0 radical (unpaired) electrons. The summed E-state index contributed by atoms with van der Waals surface area (Å²) in [5.74, 6) is 2.61. The van der Waals surface area contributed by atoms with Crippen molar-refractivity contribution in [3.05, 3.63) is 47.7 Å². The lowest BCUT2D eigenvalue weighted by molar-refractivity contribution is -0.133. The zero-order valence-corrected chi connectivity index (χ0v) is 17.2. The number of para-hydroxylation sites is 1. The first kappa shape index (κ1) is 18.4. The third-order valence-electron chi connectivity index (χ3n) is 6.44. The first-order valence-corrected chi connectivity index (χ1v) is 10.5. The minimum absolute atomic E-state index is 0.141. The van der Waals surface area contributed by atoms with Crippen LogP contribution in [0.2, 0.25) is 0 Å². The number of piperidine rings is 1. The van der Waals surface area contributed by atoms with Crippen LogP contribution in [0.5, 0.6) is 0 Å². The molecule has 0 N–H and O–H groups in total. The van der Waals surface area contributed by atoms with Crippen molar-refractivity contribution < 1.29 is 4.79 Å². The van der Waals surface area contributed by atoms with Crippen molar-refractivity contribution in [3.8, 4) is 0 Å². The number of hydrogen-bond donors (Lipinski definition) is 0. The highest BCUT2D eigenvalue weighted by Crippen LogP contribution is 2.27. The SMILES string of the molecule is Cc1cc2ccccc2n1CC(=O)N1CCn2c(nnc2[C@H]2CCCN(C)C2)C1. The van der Waals surface area contributed by atoms with E-state index < -0.39 is 0 Å². The van der Waals surface area contributed by atoms with Gasteiger partial charge in [0.25, 0.3) is 0 Å². The molecule has 2 aromatic heterocycles. The lowest BCUT2D eigenvalue weighted by Crippen LogP contribution is -2.41. The van der Waals surface area contributed by atoms with Crippen LogP contribution in [0.1, 0.15) is 36.1 Å². The highest BCUT2D eigenvalue weighted by molar-refractivity contribution is 5.84. The van der Waals surface area contributed by atoms with E-state index in [0.29, 0.717) is 19.0 Å². The molecule has 5 rings (SSSR count). The number of rotatable bonds is 3. The maximum atomic E-state index is 13.1. The Kier molecular flexibility index (Phi) is 4.62. The molecule has 0 spiro atoms. The molecule has 1 atom stereocenters. The topological polar surface area (TPSA) is 59.2 Å². The molecule has 4 heterocycles. The number of likely N-dealkylation sites (N-methyl/N-ethyl adjacent to an activating group) is 1. The normalized spacial score (nSPS) is 20.2. The van der Waals surface area contributed by atoms with E-state index in [1.165, 1.54) is 18.2 Å². The summed E-state index contributed by atoms with van der Waals surface area (Å²) in [7, 11) is 2.17. The molecule has 7 heteroatoms. The molecule has 0 aliphatic carbocycles. The van der Waals surface area contributed by atoms with E-state index in [0.717, 1.165) is 49.0 Å². The Morgan fingerprint density at radius 3 is 2.90 bits per heavy atom. The summed E-state index contributed by atoms with van der Waals surface area (Å²) in [5.41, 5.74) is 2.23. The summed E-state index contributed by atoms with van der Waals surface area (Å²) >= 11 is 0. The Balaban J connectivity index is 1.32. The molecule has 1 amide bonds. The Morgan fingerprint density at radius 1 is 1.17 bits per heavy atom. The summed E-state index contributed by atoms with van der Waals surface area (Å²) in [6.45, 7) is 6.69. The van der Waals surface area contributed by atoms with Crippen molar-refractivity contribution in [1.29, 1.82) is 0 Å². The number of amides is 1. The second-order valence-corrected chi connectivity index (χ2v) is 8.47. The van der Waals surface area contributed by atoms with Gasteiger partial charge in [-0.1, -0.05) is 18.2 Å². The van der Waals surface area contributed by atoms with Gasteiger partial charge < -0.3 is 18.9 Å². The summed E-state index contributed by atoms with van der Waals surface area (Å²) in [6, 6.07) is 10.4. The van der Waals surface area contributed by atoms with Crippen molar-refractivity contribution in [2.75, 3.05) is 26.7 Å². The number of fused-ring (bicyclic) bond motifs is 2. The number of carbonyl (C=O) groups excluding carboxylic acids is 1. The van der Waals surface area contributed by atoms with Crippen LogP contribution in [0.3, 0.4) is 0 Å². The van der Waals surface area contributed by atoms with Crippen molar-refractivity contribution in [3.63, 3.8) is 0 Å². The zero-order valence-electron chi connectivity index (χ0n) is 17.2. The summed E-state index contributed by atoms with van der Waals surface area (Å²) < 4.78 is 4.37. The molecule has 2 aliphatic heterocycles. The fourth-order valence-corrected chi connectivity index (χ4v) is 4.87. The van der Waals surface area contributed by atoms with Gasteiger partial charge in [0.05, 0.1) is 6.54 Å². The quantitative estimate of drug-likeness (QED) is 0.687. The molecule has 1 aromatic carbocycles. The number of likely N-dealkylation sites (tertiary alicyclic amines) is 1. The van der Waals surface area contributed by atoms with Crippen LogP contribution in [-0.2, 0) is 24.4 Å². The van der Waals surface area contributed by atoms with Gasteiger partial charge in [0.2, 0.25) is 5.91 Å². The van der Waals surface area contributed by atoms with Crippen molar-refractivity contribution in [2.24, 2.45) is 0 Å². The largest absolute Gasteiger partial charge is 0.335 e. The standard InChI is InChI=1S/C22H28N6O/c1-16-12-17-6-3-4-8-19(17)28(16)15-21(29)26-10-11-27-20(14-26)23-24-22(27)18-7-5-9-25(2)13-18/h3-4,6,8,12,18H,5,7,9-11,13-15H2,1-2H3/t18-/m0/s1. The minimum Gasteiger partial charge on any atom is -0.335 e. The molecule has 1 fully saturated rings. The highest BCUT2D eigenvalue weighted by atomic mass is 16.2. The fourth-order valence-electron chi connectivity index (χ4n) is 4.87. The van der Waals surface area contributed by atoms with Crippen molar-refractivity contribution >= 4 is 16.8 Å². The van der Waals surface area contributed by atoms with Gasteiger partial charge in [-0.15, -0.1) is 10.2 Å². The molecular weight excluding hydrogens is 364 g/mol. The predicted octanol–water partition coefficient (Wildman–Crippen LogP) is 2.39. The van der Waals surface area contributed by atoms with E-state index in [-0.39, 0.29) is 5.91 Å². The van der Waals surface area contributed by atoms with E-state index in [9.17, 15) is 4.79 Å². The lowest BCUT2D eigenvalue weighted by Gasteiger charge is -2.32. The van der Waals surface area contributed by atoms with E-state index in [4.69, 9.17) is 0 Å². The Hall–Kier alpha value is -2.67. The second-order valence-electron chi connectivity index (χ2n) is 8.47. The molecule has 7 nitrogen and oxygen atoms in total. The smallest absolute Gasteiger partial charge is 0.242 e. The van der Waals surface area contributed by atoms with Crippen LogP contribution >= 0.6 is 0 Å². The molecule has 0 unspecified atom stereocenters.